The Morgan fingerprint density at radius 3 is 2.78 bits per heavy atom. The van der Waals surface area contributed by atoms with Crippen molar-refractivity contribution in [3.05, 3.63) is 40.9 Å². The standard InChI is InChI=1S/C27H35N3O5S2/c1-19-16-30(20(2)18-31)27(32)23-14-22(11-6-10-21-8-4-5-9-21)15-28-26(23)35-24(19)17-29(3)37(33,34)25-12-7-13-36-25/h7,12-15,19-21,24,31H,4-5,8-10,16-18H2,1-3H3/t19-,20-,24+/m0/s1. The second-order valence-corrected chi connectivity index (χ2v) is 13.3. The molecule has 0 bridgehead atoms. The average molecular weight is 546 g/mol. The van der Waals surface area contributed by atoms with Crippen LogP contribution in [-0.4, -0.2) is 72.5 Å². The predicted octanol–water partition coefficient (Wildman–Crippen LogP) is 3.62. The summed E-state index contributed by atoms with van der Waals surface area (Å²) in [5.41, 5.74) is 0.904. The Bertz CT molecular complexity index is 1250. The lowest BCUT2D eigenvalue weighted by Gasteiger charge is -2.37. The second kappa shape index (κ2) is 11.9. The van der Waals surface area contributed by atoms with Crippen molar-refractivity contribution in [1.82, 2.24) is 14.2 Å². The van der Waals surface area contributed by atoms with E-state index in [1.807, 2.05) is 6.92 Å². The number of carbonyl (C=O) groups is 1. The fourth-order valence-corrected chi connectivity index (χ4v) is 7.20. The fraction of sp³-hybridized carbons (Fsp3) is 0.556. The lowest BCUT2D eigenvalue weighted by molar-refractivity contribution is 0.0373. The molecule has 2 aromatic heterocycles. The summed E-state index contributed by atoms with van der Waals surface area (Å²) in [5, 5.41) is 11.6. The van der Waals surface area contributed by atoms with Crippen molar-refractivity contribution in [2.24, 2.45) is 11.8 Å². The van der Waals surface area contributed by atoms with Crippen molar-refractivity contribution in [3.63, 3.8) is 0 Å². The average Bonchev–Trinajstić information content (AvgIpc) is 3.61. The molecule has 1 amide bonds. The Labute approximate surface area is 223 Å². The van der Waals surface area contributed by atoms with E-state index in [2.05, 4.69) is 16.8 Å². The number of pyridine rings is 1. The van der Waals surface area contributed by atoms with E-state index in [9.17, 15) is 18.3 Å². The van der Waals surface area contributed by atoms with Crippen LogP contribution in [0.4, 0.5) is 0 Å². The van der Waals surface area contributed by atoms with Gasteiger partial charge in [-0.2, -0.15) is 4.31 Å². The zero-order valence-corrected chi connectivity index (χ0v) is 23.2. The van der Waals surface area contributed by atoms with Gasteiger partial charge >= 0.3 is 0 Å². The van der Waals surface area contributed by atoms with Gasteiger partial charge in [0.2, 0.25) is 5.88 Å². The predicted molar refractivity (Wildman–Crippen MR) is 143 cm³/mol. The number of aliphatic hydroxyl groups is 1. The molecule has 3 atom stereocenters. The van der Waals surface area contributed by atoms with E-state index in [4.69, 9.17) is 4.74 Å². The van der Waals surface area contributed by atoms with Crippen LogP contribution in [0.3, 0.4) is 0 Å². The van der Waals surface area contributed by atoms with Crippen LogP contribution in [0.1, 0.15) is 61.9 Å². The van der Waals surface area contributed by atoms with Gasteiger partial charge in [0.1, 0.15) is 15.9 Å². The highest BCUT2D eigenvalue weighted by Crippen LogP contribution is 2.29. The van der Waals surface area contributed by atoms with E-state index in [0.717, 1.165) is 17.8 Å². The molecule has 10 heteroatoms. The normalized spacial score (nSPS) is 21.5. The number of thiophene rings is 1. The van der Waals surface area contributed by atoms with Crippen molar-refractivity contribution >= 4 is 27.3 Å². The highest BCUT2D eigenvalue weighted by Gasteiger charge is 2.36. The molecule has 1 fully saturated rings. The summed E-state index contributed by atoms with van der Waals surface area (Å²) in [6, 6.07) is 4.55. The Hall–Kier alpha value is -2.45. The Morgan fingerprint density at radius 2 is 2.11 bits per heavy atom. The quantitative estimate of drug-likeness (QED) is 0.534. The van der Waals surface area contributed by atoms with Gasteiger partial charge in [-0.05, 0) is 43.2 Å². The topological polar surface area (TPSA) is 100 Å². The van der Waals surface area contributed by atoms with Crippen LogP contribution >= 0.6 is 11.3 Å². The first-order valence-corrected chi connectivity index (χ1v) is 15.1. The number of likely N-dealkylation sites (N-methyl/N-ethyl adjacent to an activating group) is 1. The van der Waals surface area contributed by atoms with Gasteiger partial charge in [0.05, 0.1) is 19.2 Å². The number of sulfonamides is 1. The molecule has 1 N–H and O–H groups in total. The minimum Gasteiger partial charge on any atom is -0.472 e. The fourth-order valence-electron chi connectivity index (χ4n) is 4.82. The minimum atomic E-state index is -3.67. The van der Waals surface area contributed by atoms with E-state index >= 15 is 0 Å². The molecule has 4 rings (SSSR count). The SMILES string of the molecule is C[C@H]1CN([C@@H](C)CO)C(=O)c2cc(C#CCC3CCCC3)cnc2O[C@@H]1CN(C)S(=O)(=O)c1cccs1. The molecular formula is C27H35N3O5S2. The van der Waals surface area contributed by atoms with Gasteiger partial charge in [-0.15, -0.1) is 11.3 Å². The Morgan fingerprint density at radius 1 is 1.35 bits per heavy atom. The van der Waals surface area contributed by atoms with E-state index in [-0.39, 0.29) is 40.6 Å². The van der Waals surface area contributed by atoms with Gasteiger partial charge in [0.15, 0.2) is 0 Å². The molecule has 0 spiro atoms. The largest absolute Gasteiger partial charge is 0.472 e. The minimum absolute atomic E-state index is 0.0843. The second-order valence-electron chi connectivity index (χ2n) is 10.1. The summed E-state index contributed by atoms with van der Waals surface area (Å²) >= 11 is 1.16. The highest BCUT2D eigenvalue weighted by atomic mass is 32.2. The number of amides is 1. The smallest absolute Gasteiger partial charge is 0.259 e. The molecule has 0 unspecified atom stereocenters. The molecule has 1 aliphatic carbocycles. The van der Waals surface area contributed by atoms with Gasteiger partial charge < -0.3 is 14.7 Å². The first-order valence-electron chi connectivity index (χ1n) is 12.8. The number of ether oxygens (including phenoxy) is 1. The monoisotopic (exact) mass is 545 g/mol. The summed E-state index contributed by atoms with van der Waals surface area (Å²) in [6.45, 7) is 3.89. The molecule has 37 heavy (non-hydrogen) atoms. The Balaban J connectivity index is 1.62. The van der Waals surface area contributed by atoms with E-state index in [0.29, 0.717) is 18.0 Å². The third-order valence-corrected chi connectivity index (χ3v) is 10.4. The van der Waals surface area contributed by atoms with Crippen molar-refractivity contribution < 1.29 is 23.1 Å². The van der Waals surface area contributed by atoms with Crippen molar-refractivity contribution in [3.8, 4) is 17.7 Å². The number of aliphatic hydroxyl groups excluding tert-OH is 1. The molecule has 1 aliphatic heterocycles. The Kier molecular flexibility index (Phi) is 8.90. The van der Waals surface area contributed by atoms with Crippen LogP contribution in [-0.2, 0) is 10.0 Å². The van der Waals surface area contributed by atoms with Crippen LogP contribution < -0.4 is 4.74 Å². The summed E-state index contributed by atoms with van der Waals surface area (Å²) in [5.74, 6) is 6.68. The molecule has 2 aliphatic rings. The van der Waals surface area contributed by atoms with Gasteiger partial charge in [-0.3, -0.25) is 4.79 Å². The number of aromatic nitrogens is 1. The lowest BCUT2D eigenvalue weighted by Crippen LogP contribution is -2.50. The number of hydrogen-bond acceptors (Lipinski definition) is 7. The number of hydrogen-bond donors (Lipinski definition) is 1. The number of fused-ring (bicyclic) bond motifs is 1. The van der Waals surface area contributed by atoms with Gasteiger partial charge in [0.25, 0.3) is 15.9 Å². The van der Waals surface area contributed by atoms with Gasteiger partial charge in [-0.25, -0.2) is 13.4 Å². The molecule has 0 saturated heterocycles. The molecule has 3 heterocycles. The van der Waals surface area contributed by atoms with Crippen molar-refractivity contribution in [2.75, 3.05) is 26.7 Å². The summed E-state index contributed by atoms with van der Waals surface area (Å²) < 4.78 is 33.9. The van der Waals surface area contributed by atoms with Crippen molar-refractivity contribution in [2.45, 2.75) is 62.3 Å². The van der Waals surface area contributed by atoms with Gasteiger partial charge in [0, 0.05) is 37.7 Å². The zero-order chi connectivity index (χ0) is 26.6. The maximum absolute atomic E-state index is 13.6. The maximum atomic E-state index is 13.6. The van der Waals surface area contributed by atoms with Crippen molar-refractivity contribution in [1.29, 1.82) is 0 Å². The van der Waals surface area contributed by atoms with Crippen LogP contribution in [0.25, 0.3) is 0 Å². The summed E-state index contributed by atoms with van der Waals surface area (Å²) in [6.07, 6.45) is 6.83. The number of rotatable bonds is 7. The van der Waals surface area contributed by atoms with Gasteiger partial charge in [-0.1, -0.05) is 37.7 Å². The summed E-state index contributed by atoms with van der Waals surface area (Å²) in [7, 11) is -2.15. The molecule has 200 valence electrons. The van der Waals surface area contributed by atoms with E-state index in [1.54, 1.807) is 41.6 Å². The van der Waals surface area contributed by atoms with Crippen LogP contribution in [0.15, 0.2) is 34.0 Å². The van der Waals surface area contributed by atoms with E-state index < -0.39 is 22.2 Å². The molecular weight excluding hydrogens is 510 g/mol. The molecule has 0 radical (unpaired) electrons. The molecule has 8 nitrogen and oxygen atoms in total. The third kappa shape index (κ3) is 6.34. The van der Waals surface area contributed by atoms with Crippen LogP contribution in [0, 0.1) is 23.7 Å². The van der Waals surface area contributed by atoms with Crippen LogP contribution in [0.5, 0.6) is 5.88 Å². The first kappa shape index (κ1) is 27.6. The number of nitrogens with zero attached hydrogens (tertiary/aromatic N) is 3. The molecule has 1 saturated carbocycles. The van der Waals surface area contributed by atoms with Crippen LogP contribution in [0.2, 0.25) is 0 Å². The highest BCUT2D eigenvalue weighted by molar-refractivity contribution is 7.91. The summed E-state index contributed by atoms with van der Waals surface area (Å²) in [4.78, 5) is 19.6. The first-order chi connectivity index (χ1) is 17.7. The third-order valence-electron chi connectivity index (χ3n) is 7.22. The molecule has 0 aromatic carbocycles. The lowest BCUT2D eigenvalue weighted by atomic mass is 10.00. The zero-order valence-electron chi connectivity index (χ0n) is 21.6. The number of carbonyl (C=O) groups excluding carboxylic acids is 1. The maximum Gasteiger partial charge on any atom is 0.259 e. The molecule has 2 aromatic rings. The van der Waals surface area contributed by atoms with E-state index in [1.165, 1.54) is 37.0 Å².